The van der Waals surface area contributed by atoms with E-state index >= 15 is 0 Å². The number of hydrogen-bond donors (Lipinski definition) is 1. The van der Waals surface area contributed by atoms with Crippen LogP contribution in [0.4, 0.5) is 10.8 Å². The van der Waals surface area contributed by atoms with Gasteiger partial charge in [0.15, 0.2) is 5.13 Å². The number of carbonyl (C=O) groups is 1. The van der Waals surface area contributed by atoms with Crippen LogP contribution >= 0.6 is 11.3 Å². The summed E-state index contributed by atoms with van der Waals surface area (Å²) in [6.45, 7) is 10.5. The Morgan fingerprint density at radius 3 is 2.64 bits per heavy atom. The number of anilines is 2. The topological polar surface area (TPSA) is 64.6 Å². The molecule has 8 heteroatoms. The number of likely N-dealkylation sites (N-methyl/N-ethyl adjacent to an activating group) is 1. The zero-order valence-electron chi connectivity index (χ0n) is 19.2. The summed E-state index contributed by atoms with van der Waals surface area (Å²) >= 11 is 1.60. The van der Waals surface area contributed by atoms with Crippen LogP contribution in [0.3, 0.4) is 0 Å². The highest BCUT2D eigenvalue weighted by atomic mass is 32.1. The molecule has 174 valence electrons. The third-order valence-corrected chi connectivity index (χ3v) is 7.80. The SMILES string of the molecule is CCN1CCN(Cc2ccc(NC(=O)[C@@H]3CCCN(c4nc5cccnc5s4)C3)cc2)CC1. The lowest BCUT2D eigenvalue weighted by Crippen LogP contribution is -2.45. The molecule has 2 aliphatic heterocycles. The molecule has 0 aliphatic carbocycles. The predicted molar refractivity (Wildman–Crippen MR) is 135 cm³/mol. The van der Waals surface area contributed by atoms with Crippen molar-refractivity contribution in [2.24, 2.45) is 5.92 Å². The van der Waals surface area contributed by atoms with Gasteiger partial charge in [-0.1, -0.05) is 30.4 Å². The van der Waals surface area contributed by atoms with Crippen LogP contribution in [0.1, 0.15) is 25.3 Å². The molecule has 0 unspecified atom stereocenters. The van der Waals surface area contributed by atoms with Gasteiger partial charge < -0.3 is 15.1 Å². The van der Waals surface area contributed by atoms with E-state index in [4.69, 9.17) is 4.98 Å². The number of thiazole rings is 1. The average molecular weight is 465 g/mol. The van der Waals surface area contributed by atoms with Gasteiger partial charge in [0.05, 0.1) is 5.92 Å². The maximum Gasteiger partial charge on any atom is 0.229 e. The molecule has 2 saturated heterocycles. The van der Waals surface area contributed by atoms with E-state index in [-0.39, 0.29) is 11.8 Å². The maximum absolute atomic E-state index is 13.0. The summed E-state index contributed by atoms with van der Waals surface area (Å²) in [6, 6.07) is 12.3. The fraction of sp³-hybridized carbons (Fsp3) is 0.480. The van der Waals surface area contributed by atoms with E-state index in [1.54, 1.807) is 17.5 Å². The first-order chi connectivity index (χ1) is 16.2. The van der Waals surface area contributed by atoms with Crippen molar-refractivity contribution in [1.82, 2.24) is 19.8 Å². The quantitative estimate of drug-likeness (QED) is 0.600. The van der Waals surface area contributed by atoms with Gasteiger partial charge in [0, 0.05) is 57.7 Å². The number of rotatable bonds is 6. The van der Waals surface area contributed by atoms with E-state index in [9.17, 15) is 4.79 Å². The van der Waals surface area contributed by atoms with Crippen molar-refractivity contribution < 1.29 is 4.79 Å². The van der Waals surface area contributed by atoms with Crippen molar-refractivity contribution in [3.63, 3.8) is 0 Å². The van der Waals surface area contributed by atoms with Crippen LogP contribution in [0.2, 0.25) is 0 Å². The highest BCUT2D eigenvalue weighted by molar-refractivity contribution is 7.21. The average Bonchev–Trinajstić information content (AvgIpc) is 3.30. The Labute approximate surface area is 199 Å². The molecule has 1 aromatic carbocycles. The predicted octanol–water partition coefficient (Wildman–Crippen LogP) is 3.68. The number of benzene rings is 1. The minimum atomic E-state index is -0.0340. The van der Waals surface area contributed by atoms with Gasteiger partial charge in [-0.3, -0.25) is 9.69 Å². The monoisotopic (exact) mass is 464 g/mol. The minimum absolute atomic E-state index is 0.0340. The fourth-order valence-corrected chi connectivity index (χ4v) is 5.66. The summed E-state index contributed by atoms with van der Waals surface area (Å²) in [5, 5.41) is 4.10. The molecule has 7 nitrogen and oxygen atoms in total. The largest absolute Gasteiger partial charge is 0.347 e. The first-order valence-electron chi connectivity index (χ1n) is 12.0. The first-order valence-corrected chi connectivity index (χ1v) is 12.8. The molecule has 0 radical (unpaired) electrons. The molecular formula is C25H32N6OS. The summed E-state index contributed by atoms with van der Waals surface area (Å²) in [7, 11) is 0. The van der Waals surface area contributed by atoms with Crippen LogP contribution in [-0.4, -0.2) is 71.5 Å². The van der Waals surface area contributed by atoms with E-state index in [1.807, 2.05) is 24.3 Å². The molecule has 2 aromatic heterocycles. The molecule has 33 heavy (non-hydrogen) atoms. The van der Waals surface area contributed by atoms with E-state index in [0.717, 1.165) is 79.8 Å². The molecule has 1 amide bonds. The van der Waals surface area contributed by atoms with Crippen LogP contribution in [0.25, 0.3) is 10.3 Å². The van der Waals surface area contributed by atoms with E-state index < -0.39 is 0 Å². The van der Waals surface area contributed by atoms with Gasteiger partial charge in [0.1, 0.15) is 10.3 Å². The fourth-order valence-electron chi connectivity index (χ4n) is 4.72. The van der Waals surface area contributed by atoms with Crippen molar-refractivity contribution in [3.8, 4) is 0 Å². The van der Waals surface area contributed by atoms with Gasteiger partial charge in [-0.25, -0.2) is 9.97 Å². The van der Waals surface area contributed by atoms with Crippen LogP contribution in [-0.2, 0) is 11.3 Å². The second-order valence-electron chi connectivity index (χ2n) is 9.01. The van der Waals surface area contributed by atoms with Gasteiger partial charge in [0.25, 0.3) is 0 Å². The molecule has 5 rings (SSSR count). The normalized spacial score (nSPS) is 20.3. The third-order valence-electron chi connectivity index (χ3n) is 6.76. The lowest BCUT2D eigenvalue weighted by Gasteiger charge is -2.34. The number of piperidine rings is 1. The first kappa shape index (κ1) is 22.3. The summed E-state index contributed by atoms with van der Waals surface area (Å²) in [5.74, 6) is 0.0654. The number of piperazine rings is 1. The molecule has 1 N–H and O–H groups in total. The summed E-state index contributed by atoms with van der Waals surface area (Å²) in [6.07, 6.45) is 3.70. The van der Waals surface area contributed by atoms with Crippen LogP contribution in [0, 0.1) is 5.92 Å². The number of aromatic nitrogens is 2. The second kappa shape index (κ2) is 10.2. The van der Waals surface area contributed by atoms with Gasteiger partial charge in [-0.2, -0.15) is 0 Å². The Bertz CT molecular complexity index is 1040. The zero-order chi connectivity index (χ0) is 22.6. The maximum atomic E-state index is 13.0. The van der Waals surface area contributed by atoms with Crippen molar-refractivity contribution in [2.45, 2.75) is 26.3 Å². The number of nitrogens with zero attached hydrogens (tertiary/aromatic N) is 5. The highest BCUT2D eigenvalue weighted by Crippen LogP contribution is 2.30. The molecule has 1 atom stereocenters. The molecular weight excluding hydrogens is 432 g/mol. The second-order valence-corrected chi connectivity index (χ2v) is 9.96. The van der Waals surface area contributed by atoms with Crippen molar-refractivity contribution >= 4 is 38.4 Å². The molecule has 4 heterocycles. The van der Waals surface area contributed by atoms with Crippen LogP contribution in [0.5, 0.6) is 0 Å². The lowest BCUT2D eigenvalue weighted by molar-refractivity contribution is -0.120. The summed E-state index contributed by atoms with van der Waals surface area (Å²) in [4.78, 5) is 30.3. The van der Waals surface area contributed by atoms with Crippen LogP contribution in [0.15, 0.2) is 42.6 Å². The van der Waals surface area contributed by atoms with E-state index in [0.29, 0.717) is 6.54 Å². The van der Waals surface area contributed by atoms with Gasteiger partial charge in [0.2, 0.25) is 5.91 Å². The minimum Gasteiger partial charge on any atom is -0.347 e. The molecule has 0 spiro atoms. The van der Waals surface area contributed by atoms with Crippen molar-refractivity contribution in [3.05, 3.63) is 48.2 Å². The number of amides is 1. The lowest BCUT2D eigenvalue weighted by atomic mass is 9.97. The molecule has 0 bridgehead atoms. The highest BCUT2D eigenvalue weighted by Gasteiger charge is 2.27. The summed E-state index contributed by atoms with van der Waals surface area (Å²) < 4.78 is 0. The number of fused-ring (bicyclic) bond motifs is 1. The van der Waals surface area contributed by atoms with E-state index in [1.165, 1.54) is 5.56 Å². The smallest absolute Gasteiger partial charge is 0.229 e. The number of carbonyl (C=O) groups excluding carboxylic acids is 1. The van der Waals surface area contributed by atoms with E-state index in [2.05, 4.69) is 44.1 Å². The van der Waals surface area contributed by atoms with Crippen LogP contribution < -0.4 is 10.2 Å². The Kier molecular flexibility index (Phi) is 6.85. The number of hydrogen-bond acceptors (Lipinski definition) is 7. The number of nitrogens with one attached hydrogen (secondary N) is 1. The standard InChI is InChI=1S/C25H32N6OS/c1-2-29-13-15-30(16-14-29)17-19-7-9-21(10-8-19)27-23(32)20-5-4-12-31(18-20)25-28-22-6-3-11-26-24(22)33-25/h3,6-11,20H,2,4-5,12-18H2,1H3,(H,27,32)/t20-/m1/s1. The zero-order valence-corrected chi connectivity index (χ0v) is 20.1. The molecule has 0 saturated carbocycles. The number of pyridine rings is 1. The summed E-state index contributed by atoms with van der Waals surface area (Å²) in [5.41, 5.74) is 3.10. The van der Waals surface area contributed by atoms with Crippen molar-refractivity contribution in [1.29, 1.82) is 0 Å². The Morgan fingerprint density at radius 1 is 1.09 bits per heavy atom. The third kappa shape index (κ3) is 5.34. The molecule has 2 fully saturated rings. The Balaban J connectivity index is 1.15. The van der Waals surface area contributed by atoms with Gasteiger partial charge in [-0.05, 0) is 49.2 Å². The molecule has 2 aliphatic rings. The Morgan fingerprint density at radius 2 is 1.88 bits per heavy atom. The van der Waals surface area contributed by atoms with Gasteiger partial charge >= 0.3 is 0 Å². The van der Waals surface area contributed by atoms with Gasteiger partial charge in [-0.15, -0.1) is 0 Å². The van der Waals surface area contributed by atoms with Crippen molar-refractivity contribution in [2.75, 3.05) is 56.0 Å². The Hall–Kier alpha value is -2.55. The molecule has 3 aromatic rings.